The maximum Gasteiger partial charge on any atom is 0.318 e. The predicted octanol–water partition coefficient (Wildman–Crippen LogP) is 1.69. The van der Waals surface area contributed by atoms with E-state index in [1.807, 2.05) is 12.1 Å². The normalized spacial score (nSPS) is 19.5. The van der Waals surface area contributed by atoms with Crippen LogP contribution < -0.4 is 5.32 Å². The van der Waals surface area contributed by atoms with Gasteiger partial charge < -0.3 is 15.0 Å². The lowest BCUT2D eigenvalue weighted by molar-refractivity contribution is 0.133. The van der Waals surface area contributed by atoms with Crippen LogP contribution in [0.15, 0.2) is 24.3 Å². The van der Waals surface area contributed by atoms with Gasteiger partial charge in [0.25, 0.3) is 0 Å². The van der Waals surface area contributed by atoms with Crippen LogP contribution in [-0.4, -0.2) is 57.2 Å². The number of nitrogens with zero attached hydrogens (tertiary/aromatic N) is 1. The third-order valence-electron chi connectivity index (χ3n) is 3.80. The molecule has 1 aliphatic heterocycles. The van der Waals surface area contributed by atoms with Crippen molar-refractivity contribution in [1.82, 2.24) is 10.2 Å². The number of ether oxygens (including phenoxy) is 1. The summed E-state index contributed by atoms with van der Waals surface area (Å²) in [7, 11) is -1.50. The van der Waals surface area contributed by atoms with Crippen molar-refractivity contribution in [3.8, 4) is 0 Å². The Kier molecular flexibility index (Phi) is 6.26. The molecule has 0 radical (unpaired) electrons. The van der Waals surface area contributed by atoms with E-state index in [4.69, 9.17) is 16.3 Å². The summed E-state index contributed by atoms with van der Waals surface area (Å²) in [5, 5.41) is 3.46. The topological polar surface area (TPSA) is 75.7 Å². The standard InChI is InChI=1S/C15H21ClN2O4S/c1-22-8-7-18(14-6-9-23(20,21)11-14)15(19)17-10-12-2-4-13(16)5-3-12/h2-5,14H,6-11H2,1H3,(H,17,19). The highest BCUT2D eigenvalue weighted by Gasteiger charge is 2.34. The molecular weight excluding hydrogens is 340 g/mol. The number of halogens is 1. The average molecular weight is 361 g/mol. The number of benzene rings is 1. The predicted molar refractivity (Wildman–Crippen MR) is 89.3 cm³/mol. The largest absolute Gasteiger partial charge is 0.383 e. The second-order valence-corrected chi connectivity index (χ2v) is 8.19. The van der Waals surface area contributed by atoms with Crippen LogP contribution in [0.3, 0.4) is 0 Å². The summed E-state index contributed by atoms with van der Waals surface area (Å²) in [5.41, 5.74) is 0.925. The van der Waals surface area contributed by atoms with Gasteiger partial charge in [0.05, 0.1) is 18.1 Å². The Labute approximate surface area is 141 Å². The molecule has 1 aromatic carbocycles. The fourth-order valence-corrected chi connectivity index (χ4v) is 4.40. The van der Waals surface area contributed by atoms with Gasteiger partial charge in [-0.25, -0.2) is 13.2 Å². The SMILES string of the molecule is COCCN(C(=O)NCc1ccc(Cl)cc1)C1CCS(=O)(=O)C1. The first kappa shape index (κ1) is 18.0. The van der Waals surface area contributed by atoms with Crippen molar-refractivity contribution in [2.24, 2.45) is 0 Å². The maximum atomic E-state index is 12.4. The van der Waals surface area contributed by atoms with Gasteiger partial charge in [-0.1, -0.05) is 23.7 Å². The molecule has 0 bridgehead atoms. The van der Waals surface area contributed by atoms with Crippen LogP contribution >= 0.6 is 11.6 Å². The van der Waals surface area contributed by atoms with Crippen molar-refractivity contribution in [2.45, 2.75) is 19.0 Å². The van der Waals surface area contributed by atoms with Crippen LogP contribution in [0, 0.1) is 0 Å². The highest BCUT2D eigenvalue weighted by Crippen LogP contribution is 2.18. The molecule has 0 aromatic heterocycles. The number of amides is 2. The Morgan fingerprint density at radius 1 is 1.39 bits per heavy atom. The number of carbonyl (C=O) groups excluding carboxylic acids is 1. The van der Waals surface area contributed by atoms with Gasteiger partial charge in [-0.3, -0.25) is 0 Å². The number of methoxy groups -OCH3 is 1. The van der Waals surface area contributed by atoms with Crippen LogP contribution in [0.2, 0.25) is 5.02 Å². The lowest BCUT2D eigenvalue weighted by Crippen LogP contribution is -2.48. The molecule has 1 unspecified atom stereocenters. The van der Waals surface area contributed by atoms with Gasteiger partial charge in [-0.2, -0.15) is 0 Å². The molecule has 1 aromatic rings. The fourth-order valence-electron chi connectivity index (χ4n) is 2.54. The van der Waals surface area contributed by atoms with Crippen LogP contribution in [0.1, 0.15) is 12.0 Å². The van der Waals surface area contributed by atoms with Crippen molar-refractivity contribution >= 4 is 27.5 Å². The van der Waals surface area contributed by atoms with Gasteiger partial charge >= 0.3 is 6.03 Å². The number of hydrogen-bond donors (Lipinski definition) is 1. The van der Waals surface area contributed by atoms with E-state index in [9.17, 15) is 13.2 Å². The first-order chi connectivity index (χ1) is 10.9. The van der Waals surface area contributed by atoms with E-state index >= 15 is 0 Å². The van der Waals surface area contributed by atoms with Gasteiger partial charge in [0.15, 0.2) is 9.84 Å². The number of hydrogen-bond acceptors (Lipinski definition) is 4. The quantitative estimate of drug-likeness (QED) is 0.837. The summed E-state index contributed by atoms with van der Waals surface area (Å²) in [5.74, 6) is 0.149. The maximum absolute atomic E-state index is 12.4. The smallest absolute Gasteiger partial charge is 0.318 e. The molecule has 2 amide bonds. The first-order valence-electron chi connectivity index (χ1n) is 7.39. The molecule has 8 heteroatoms. The third kappa shape index (κ3) is 5.37. The van der Waals surface area contributed by atoms with Crippen molar-refractivity contribution in [3.63, 3.8) is 0 Å². The Bertz CT molecular complexity index is 633. The Balaban J connectivity index is 1.97. The summed E-state index contributed by atoms with van der Waals surface area (Å²) in [6.07, 6.45) is 0.473. The fraction of sp³-hybridized carbons (Fsp3) is 0.533. The van der Waals surface area contributed by atoms with Gasteiger partial charge in [0.2, 0.25) is 0 Å². The van der Waals surface area contributed by atoms with E-state index in [-0.39, 0.29) is 23.6 Å². The summed E-state index contributed by atoms with van der Waals surface area (Å²) < 4.78 is 28.3. The summed E-state index contributed by atoms with van der Waals surface area (Å²) in [4.78, 5) is 14.0. The monoisotopic (exact) mass is 360 g/mol. The Morgan fingerprint density at radius 3 is 2.65 bits per heavy atom. The molecule has 128 valence electrons. The van der Waals surface area contributed by atoms with E-state index in [0.717, 1.165) is 5.56 Å². The summed E-state index contributed by atoms with van der Waals surface area (Å²) in [6.45, 7) is 1.09. The minimum absolute atomic E-state index is 0.0189. The molecular formula is C15H21ClN2O4S. The van der Waals surface area contributed by atoms with E-state index in [2.05, 4.69) is 5.32 Å². The zero-order valence-electron chi connectivity index (χ0n) is 13.0. The van der Waals surface area contributed by atoms with Crippen LogP contribution in [0.25, 0.3) is 0 Å². The van der Waals surface area contributed by atoms with E-state index in [0.29, 0.717) is 31.1 Å². The van der Waals surface area contributed by atoms with E-state index in [1.54, 1.807) is 24.1 Å². The second kappa shape index (κ2) is 7.99. The molecule has 0 spiro atoms. The summed E-state index contributed by atoms with van der Waals surface area (Å²) >= 11 is 5.83. The third-order valence-corrected chi connectivity index (χ3v) is 5.81. The molecule has 0 aliphatic carbocycles. The molecule has 1 N–H and O–H groups in total. The van der Waals surface area contributed by atoms with Crippen LogP contribution in [0.4, 0.5) is 4.79 Å². The molecule has 1 aliphatic rings. The number of rotatable bonds is 6. The number of urea groups is 1. The Hall–Kier alpha value is -1.31. The van der Waals surface area contributed by atoms with E-state index in [1.165, 1.54) is 0 Å². The zero-order chi connectivity index (χ0) is 16.9. The van der Waals surface area contributed by atoms with E-state index < -0.39 is 9.84 Å². The minimum atomic E-state index is -3.05. The number of sulfone groups is 1. The molecule has 1 saturated heterocycles. The van der Waals surface area contributed by atoms with Crippen LogP contribution in [-0.2, 0) is 21.1 Å². The van der Waals surface area contributed by atoms with Crippen molar-refractivity contribution in [3.05, 3.63) is 34.9 Å². The highest BCUT2D eigenvalue weighted by atomic mass is 35.5. The molecule has 1 heterocycles. The molecule has 6 nitrogen and oxygen atoms in total. The van der Waals surface area contributed by atoms with Crippen molar-refractivity contribution in [1.29, 1.82) is 0 Å². The van der Waals surface area contributed by atoms with Crippen molar-refractivity contribution in [2.75, 3.05) is 31.8 Å². The molecule has 0 saturated carbocycles. The molecule has 2 rings (SSSR count). The number of nitrogens with one attached hydrogen (secondary N) is 1. The molecule has 1 atom stereocenters. The van der Waals surface area contributed by atoms with Gasteiger partial charge in [0, 0.05) is 31.3 Å². The molecule has 1 fully saturated rings. The summed E-state index contributed by atoms with van der Waals surface area (Å²) in [6, 6.07) is 6.62. The van der Waals surface area contributed by atoms with Gasteiger partial charge in [-0.15, -0.1) is 0 Å². The Morgan fingerprint density at radius 2 is 2.09 bits per heavy atom. The number of carbonyl (C=O) groups is 1. The first-order valence-corrected chi connectivity index (χ1v) is 9.59. The minimum Gasteiger partial charge on any atom is -0.383 e. The highest BCUT2D eigenvalue weighted by molar-refractivity contribution is 7.91. The van der Waals surface area contributed by atoms with Gasteiger partial charge in [0.1, 0.15) is 0 Å². The lowest BCUT2D eigenvalue weighted by Gasteiger charge is -2.28. The molecule has 23 heavy (non-hydrogen) atoms. The van der Waals surface area contributed by atoms with Crippen molar-refractivity contribution < 1.29 is 17.9 Å². The zero-order valence-corrected chi connectivity index (χ0v) is 14.6. The van der Waals surface area contributed by atoms with Gasteiger partial charge in [-0.05, 0) is 24.1 Å². The second-order valence-electron chi connectivity index (χ2n) is 5.53. The van der Waals surface area contributed by atoms with Crippen LogP contribution in [0.5, 0.6) is 0 Å². The lowest BCUT2D eigenvalue weighted by atomic mass is 10.2. The average Bonchev–Trinajstić information content (AvgIpc) is 2.87.